The fourth-order valence-corrected chi connectivity index (χ4v) is 6.61. The van der Waals surface area contributed by atoms with Crippen LogP contribution in [0.1, 0.15) is 29.7 Å². The summed E-state index contributed by atoms with van der Waals surface area (Å²) in [6.07, 6.45) is 1.32. The van der Waals surface area contributed by atoms with Crippen molar-refractivity contribution in [2.45, 2.75) is 23.6 Å². The maximum absolute atomic E-state index is 11.4. The van der Waals surface area contributed by atoms with Crippen LogP contribution in [0.3, 0.4) is 0 Å². The molecule has 10 nitrogen and oxygen atoms in total. The van der Waals surface area contributed by atoms with E-state index in [-0.39, 0.29) is 5.91 Å². The van der Waals surface area contributed by atoms with Gasteiger partial charge in [-0.3, -0.25) is 4.79 Å². The fourth-order valence-electron chi connectivity index (χ4n) is 4.67. The van der Waals surface area contributed by atoms with Crippen molar-refractivity contribution in [1.29, 1.82) is 10.5 Å². The normalized spacial score (nSPS) is 12.2. The molecule has 46 heavy (non-hydrogen) atoms. The Hall–Kier alpha value is -4.17. The number of carbonyl (C=O) groups excluding carboxylic acids is 1. The van der Waals surface area contributed by atoms with E-state index in [0.717, 1.165) is 41.3 Å². The molecule has 0 spiro atoms. The lowest BCUT2D eigenvalue weighted by Gasteiger charge is -2.33. The third-order valence-corrected chi connectivity index (χ3v) is 9.30. The number of rotatable bonds is 15. The van der Waals surface area contributed by atoms with Gasteiger partial charge in [-0.2, -0.15) is 10.5 Å². The van der Waals surface area contributed by atoms with Crippen LogP contribution in [0.2, 0.25) is 5.02 Å². The Kier molecular flexibility index (Phi) is 11.8. The zero-order valence-electron chi connectivity index (χ0n) is 25.0. The Morgan fingerprint density at radius 3 is 2.43 bits per heavy atom. The molecule has 236 valence electrons. The first-order chi connectivity index (χ1) is 22.5. The summed E-state index contributed by atoms with van der Waals surface area (Å²) in [5.41, 5.74) is 9.28. The number of nitrogens with one attached hydrogen (secondary N) is 1. The Bertz CT molecular complexity index is 1730. The number of aromatic nitrogens is 2. The summed E-state index contributed by atoms with van der Waals surface area (Å²) in [7, 11) is 0. The number of thioether (sulfide) groups is 1. The molecule has 3 N–H and O–H groups in total. The summed E-state index contributed by atoms with van der Waals surface area (Å²) in [6.45, 7) is 3.40. The van der Waals surface area contributed by atoms with Crippen molar-refractivity contribution in [2.24, 2.45) is 5.73 Å². The maximum atomic E-state index is 11.4. The third kappa shape index (κ3) is 8.35. The van der Waals surface area contributed by atoms with E-state index in [0.29, 0.717) is 83.4 Å². The first-order valence-electron chi connectivity index (χ1n) is 14.7. The van der Waals surface area contributed by atoms with Gasteiger partial charge in [-0.05, 0) is 36.2 Å². The number of nitrogens with zero attached hydrogens (tertiary/aromatic N) is 5. The smallest absolute Gasteiger partial charge is 0.221 e. The minimum atomic E-state index is -0.0956. The summed E-state index contributed by atoms with van der Waals surface area (Å²) in [6, 6.07) is 19.6. The number of halogens is 1. The molecule has 3 heterocycles. The number of thiazole rings is 1. The number of hydrogen-bond acceptors (Lipinski definition) is 11. The fraction of sp³-hybridized carbons (Fsp3) is 0.303. The monoisotopic (exact) mass is 673 g/mol. The van der Waals surface area contributed by atoms with Gasteiger partial charge in [-0.1, -0.05) is 47.6 Å². The van der Waals surface area contributed by atoms with E-state index in [1.165, 1.54) is 11.8 Å². The van der Waals surface area contributed by atoms with Gasteiger partial charge in [0, 0.05) is 59.9 Å². The molecule has 0 unspecified atom stereocenters. The molecule has 0 saturated carbocycles. The second-order valence-electron chi connectivity index (χ2n) is 10.2. The lowest BCUT2D eigenvalue weighted by Crippen LogP contribution is -2.38. The number of anilines is 1. The molecular weight excluding hydrogens is 642 g/mol. The standard InChI is InChI=1S/C33H32ClN7O3S2/c34-24-6-2-23(3-7-24)32-39-25(20-45-32)21-46-33-28(19-37)30(27(18-36)31(40-33)41-13-1-14-41)22-4-8-26(9-5-22)44-17-16-43-15-12-38-29(42)10-11-35/h2-9,20H,1,10-17,21,35H2,(H,38,42). The van der Waals surface area contributed by atoms with Crippen molar-refractivity contribution in [3.05, 3.63) is 75.8 Å². The molecule has 0 bridgehead atoms. The number of nitriles is 2. The second kappa shape index (κ2) is 16.4. The van der Waals surface area contributed by atoms with Crippen LogP contribution >= 0.6 is 34.7 Å². The van der Waals surface area contributed by atoms with Gasteiger partial charge in [-0.15, -0.1) is 11.3 Å². The number of carbonyl (C=O) groups is 1. The largest absolute Gasteiger partial charge is 0.491 e. The van der Waals surface area contributed by atoms with E-state index in [2.05, 4.69) is 22.4 Å². The maximum Gasteiger partial charge on any atom is 0.221 e. The molecular formula is C33H32ClN7O3S2. The van der Waals surface area contributed by atoms with E-state index in [4.69, 9.17) is 36.8 Å². The van der Waals surface area contributed by atoms with Crippen molar-refractivity contribution in [2.75, 3.05) is 50.9 Å². The van der Waals surface area contributed by atoms with Crippen molar-refractivity contribution in [3.63, 3.8) is 0 Å². The van der Waals surface area contributed by atoms with Gasteiger partial charge in [0.15, 0.2) is 0 Å². The second-order valence-corrected chi connectivity index (χ2v) is 12.5. The quantitative estimate of drug-likeness (QED) is 0.120. The molecule has 0 aliphatic carbocycles. The average Bonchev–Trinajstić information content (AvgIpc) is 3.52. The summed E-state index contributed by atoms with van der Waals surface area (Å²) in [5, 5.41) is 27.5. The predicted molar refractivity (Wildman–Crippen MR) is 181 cm³/mol. The summed E-state index contributed by atoms with van der Waals surface area (Å²) in [4.78, 5) is 23.2. The summed E-state index contributed by atoms with van der Waals surface area (Å²) < 4.78 is 11.3. The van der Waals surface area contributed by atoms with E-state index < -0.39 is 0 Å². The molecule has 5 rings (SSSR count). The van der Waals surface area contributed by atoms with Gasteiger partial charge in [0.05, 0.1) is 24.5 Å². The molecule has 4 aromatic rings. The van der Waals surface area contributed by atoms with Crippen LogP contribution in [0.15, 0.2) is 58.9 Å². The van der Waals surface area contributed by atoms with E-state index >= 15 is 0 Å². The summed E-state index contributed by atoms with van der Waals surface area (Å²) in [5.74, 6) is 1.65. The minimum absolute atomic E-state index is 0.0956. The summed E-state index contributed by atoms with van der Waals surface area (Å²) >= 11 is 9.03. The number of pyridine rings is 1. The Morgan fingerprint density at radius 2 is 1.76 bits per heavy atom. The van der Waals surface area contributed by atoms with E-state index in [1.54, 1.807) is 11.3 Å². The van der Waals surface area contributed by atoms with Crippen molar-refractivity contribution >= 4 is 46.4 Å². The minimum Gasteiger partial charge on any atom is -0.491 e. The number of hydrogen-bond donors (Lipinski definition) is 2. The van der Waals surface area contributed by atoms with Crippen molar-refractivity contribution < 1.29 is 14.3 Å². The molecule has 13 heteroatoms. The van der Waals surface area contributed by atoms with Gasteiger partial charge < -0.3 is 25.4 Å². The first-order valence-corrected chi connectivity index (χ1v) is 17.0. The zero-order chi connectivity index (χ0) is 32.3. The molecule has 0 atom stereocenters. The Labute approximate surface area is 281 Å². The highest BCUT2D eigenvalue weighted by atomic mass is 35.5. The molecule has 1 saturated heterocycles. The van der Waals surface area contributed by atoms with Gasteiger partial charge in [-0.25, -0.2) is 9.97 Å². The predicted octanol–water partition coefficient (Wildman–Crippen LogP) is 5.63. The third-order valence-electron chi connectivity index (χ3n) is 7.10. The van der Waals surface area contributed by atoms with Crippen LogP contribution in [0, 0.1) is 22.7 Å². The Balaban J connectivity index is 1.30. The topological polar surface area (TPSA) is 150 Å². The van der Waals surface area contributed by atoms with Crippen LogP contribution in [-0.4, -0.2) is 61.9 Å². The molecule has 1 amide bonds. The molecule has 2 aromatic carbocycles. The lowest BCUT2D eigenvalue weighted by molar-refractivity contribution is -0.121. The van der Waals surface area contributed by atoms with Gasteiger partial charge in [0.2, 0.25) is 5.91 Å². The average molecular weight is 674 g/mol. The molecule has 1 aliphatic rings. The SMILES string of the molecule is N#Cc1c(SCc2csc(-c3ccc(Cl)cc3)n2)nc(N2CCC2)c(C#N)c1-c1ccc(OCCOCCNC(=O)CCN)cc1. The van der Waals surface area contributed by atoms with Crippen molar-refractivity contribution in [1.82, 2.24) is 15.3 Å². The number of nitrogens with two attached hydrogens (primary N) is 1. The molecule has 0 radical (unpaired) electrons. The van der Waals surface area contributed by atoms with E-state index in [9.17, 15) is 15.3 Å². The van der Waals surface area contributed by atoms with Crippen LogP contribution in [0.25, 0.3) is 21.7 Å². The highest BCUT2D eigenvalue weighted by Crippen LogP contribution is 2.40. The van der Waals surface area contributed by atoms with Crippen LogP contribution in [0.4, 0.5) is 5.82 Å². The molecule has 1 aliphatic heterocycles. The zero-order valence-corrected chi connectivity index (χ0v) is 27.4. The van der Waals surface area contributed by atoms with Gasteiger partial charge >= 0.3 is 0 Å². The Morgan fingerprint density at radius 1 is 1.02 bits per heavy atom. The number of amides is 1. The van der Waals surface area contributed by atoms with Crippen LogP contribution in [-0.2, 0) is 15.3 Å². The highest BCUT2D eigenvalue weighted by molar-refractivity contribution is 7.98. The number of benzene rings is 2. The number of ether oxygens (including phenoxy) is 2. The lowest BCUT2D eigenvalue weighted by atomic mass is 9.96. The van der Waals surface area contributed by atoms with Crippen LogP contribution in [0.5, 0.6) is 5.75 Å². The van der Waals surface area contributed by atoms with Crippen molar-refractivity contribution in [3.8, 4) is 39.6 Å². The highest BCUT2D eigenvalue weighted by Gasteiger charge is 2.27. The van der Waals surface area contributed by atoms with Gasteiger partial charge in [0.25, 0.3) is 0 Å². The molecule has 2 aromatic heterocycles. The van der Waals surface area contributed by atoms with E-state index in [1.807, 2.05) is 53.9 Å². The van der Waals surface area contributed by atoms with Gasteiger partial charge in [0.1, 0.15) is 45.9 Å². The first kappa shape index (κ1) is 33.2. The van der Waals surface area contributed by atoms with Crippen LogP contribution < -0.4 is 20.7 Å². The molecule has 1 fully saturated rings.